The topological polar surface area (TPSA) is 70.4 Å². The number of nitrogens with one attached hydrogen (secondary N) is 1. The molecule has 0 bridgehead atoms. The van der Waals surface area contributed by atoms with Gasteiger partial charge in [0, 0.05) is 17.5 Å². The summed E-state index contributed by atoms with van der Waals surface area (Å²) in [5.41, 5.74) is 3.49. The van der Waals surface area contributed by atoms with Gasteiger partial charge in [-0.15, -0.1) is 0 Å². The normalized spacial score (nSPS) is 15.9. The molecular weight excluding hydrogens is 309 g/mol. The van der Waals surface area contributed by atoms with Crippen molar-refractivity contribution >= 4 is 11.6 Å². The van der Waals surface area contributed by atoms with Gasteiger partial charge in [-0.1, -0.05) is 19.3 Å². The van der Waals surface area contributed by atoms with Crippen molar-refractivity contribution in [1.82, 2.24) is 14.6 Å². The van der Waals surface area contributed by atoms with Gasteiger partial charge in [0.1, 0.15) is 11.5 Å². The second-order valence-electron chi connectivity index (χ2n) is 6.36. The zero-order valence-corrected chi connectivity index (χ0v) is 13.1. The maximum absolute atomic E-state index is 13.3. The van der Waals surface area contributed by atoms with Gasteiger partial charge in [-0.05, 0) is 37.1 Å². The van der Waals surface area contributed by atoms with Gasteiger partial charge in [-0.2, -0.15) is 5.10 Å². The van der Waals surface area contributed by atoms with Crippen LogP contribution in [0.3, 0.4) is 0 Å². The lowest BCUT2D eigenvalue weighted by atomic mass is 9.85. The predicted octanol–water partition coefficient (Wildman–Crippen LogP) is 4.21. The third-order valence-corrected chi connectivity index (χ3v) is 4.79. The second-order valence-corrected chi connectivity index (χ2v) is 6.36. The Morgan fingerprint density at radius 1 is 1.21 bits per heavy atom. The molecule has 1 aliphatic carbocycles. The van der Waals surface area contributed by atoms with Crippen molar-refractivity contribution in [2.45, 2.75) is 38.0 Å². The highest BCUT2D eigenvalue weighted by molar-refractivity contribution is 5.87. The number of carboxylic acid groups (broad SMARTS) is 1. The molecule has 1 aliphatic rings. The third kappa shape index (κ3) is 2.48. The predicted molar refractivity (Wildman–Crippen MR) is 87.7 cm³/mol. The van der Waals surface area contributed by atoms with Gasteiger partial charge in [0.25, 0.3) is 0 Å². The number of carboxylic acids is 1. The lowest BCUT2D eigenvalue weighted by Gasteiger charge is -2.22. The zero-order valence-electron chi connectivity index (χ0n) is 13.1. The third-order valence-electron chi connectivity index (χ3n) is 4.79. The Labute approximate surface area is 138 Å². The van der Waals surface area contributed by atoms with E-state index in [1.807, 2.05) is 0 Å². The molecular formula is C18H18FN3O2. The van der Waals surface area contributed by atoms with Crippen molar-refractivity contribution in [2.75, 3.05) is 0 Å². The van der Waals surface area contributed by atoms with Crippen molar-refractivity contribution in [3.05, 3.63) is 47.5 Å². The van der Waals surface area contributed by atoms with E-state index in [2.05, 4.69) is 10.1 Å². The van der Waals surface area contributed by atoms with Crippen LogP contribution in [0, 0.1) is 5.82 Å². The SMILES string of the molecule is O=C(O)c1cc2[nH]c(-c3ccc(F)cc3)c(C3CCCCC3)n2n1. The van der Waals surface area contributed by atoms with E-state index in [9.17, 15) is 14.3 Å². The van der Waals surface area contributed by atoms with E-state index in [1.165, 1.54) is 18.6 Å². The molecule has 5 nitrogen and oxygen atoms in total. The van der Waals surface area contributed by atoms with E-state index < -0.39 is 5.97 Å². The van der Waals surface area contributed by atoms with Crippen molar-refractivity contribution in [3.8, 4) is 11.3 Å². The van der Waals surface area contributed by atoms with Crippen LogP contribution < -0.4 is 0 Å². The average Bonchev–Trinajstić information content (AvgIpc) is 3.14. The lowest BCUT2D eigenvalue weighted by Crippen LogP contribution is -2.10. The molecule has 1 aromatic carbocycles. The van der Waals surface area contributed by atoms with Crippen LogP contribution in [-0.4, -0.2) is 25.7 Å². The number of H-pyrrole nitrogens is 1. The Bertz CT molecular complexity index is 889. The molecule has 2 heterocycles. The maximum atomic E-state index is 13.3. The minimum Gasteiger partial charge on any atom is -0.476 e. The van der Waals surface area contributed by atoms with Crippen LogP contribution in [0.4, 0.5) is 4.39 Å². The number of halogens is 1. The number of hydrogen-bond donors (Lipinski definition) is 2. The largest absolute Gasteiger partial charge is 0.476 e. The van der Waals surface area contributed by atoms with E-state index in [4.69, 9.17) is 0 Å². The molecule has 124 valence electrons. The van der Waals surface area contributed by atoms with Crippen molar-refractivity contribution < 1.29 is 14.3 Å². The summed E-state index contributed by atoms with van der Waals surface area (Å²) >= 11 is 0. The highest BCUT2D eigenvalue weighted by Gasteiger charge is 2.26. The zero-order chi connectivity index (χ0) is 16.7. The number of aromatic amines is 1. The Hall–Kier alpha value is -2.63. The summed E-state index contributed by atoms with van der Waals surface area (Å²) in [6.45, 7) is 0. The van der Waals surface area contributed by atoms with E-state index in [1.54, 1.807) is 22.7 Å². The molecule has 0 spiro atoms. The van der Waals surface area contributed by atoms with Gasteiger partial charge in [0.05, 0.1) is 11.4 Å². The smallest absolute Gasteiger partial charge is 0.356 e. The first-order valence-electron chi connectivity index (χ1n) is 8.24. The fraction of sp³-hybridized carbons (Fsp3) is 0.333. The fourth-order valence-electron chi connectivity index (χ4n) is 3.65. The minimum absolute atomic E-state index is 0.0314. The number of carbonyl (C=O) groups is 1. The summed E-state index contributed by atoms with van der Waals surface area (Å²) in [5.74, 6) is -0.985. The number of hydrogen-bond acceptors (Lipinski definition) is 2. The van der Waals surface area contributed by atoms with Crippen LogP contribution >= 0.6 is 0 Å². The van der Waals surface area contributed by atoms with Gasteiger partial charge in [0.15, 0.2) is 5.69 Å². The standard InChI is InChI=1S/C18H18FN3O2/c19-13-8-6-11(7-9-13)16-17(12-4-2-1-3-5-12)22-15(20-16)10-14(21-22)18(23)24/h6-10,12,20H,1-5H2,(H,23,24). The summed E-state index contributed by atoms with van der Waals surface area (Å²) in [6.07, 6.45) is 5.67. The van der Waals surface area contributed by atoms with Crippen LogP contribution in [0.5, 0.6) is 0 Å². The van der Waals surface area contributed by atoms with Crippen LogP contribution in [-0.2, 0) is 0 Å². The number of benzene rings is 1. The highest BCUT2D eigenvalue weighted by atomic mass is 19.1. The van der Waals surface area contributed by atoms with Crippen LogP contribution in [0.1, 0.15) is 54.2 Å². The first-order valence-corrected chi connectivity index (χ1v) is 8.24. The van der Waals surface area contributed by atoms with Gasteiger partial charge < -0.3 is 10.1 Å². The summed E-state index contributed by atoms with van der Waals surface area (Å²) in [7, 11) is 0. The number of aromatic nitrogens is 3. The Morgan fingerprint density at radius 3 is 2.58 bits per heavy atom. The van der Waals surface area contributed by atoms with E-state index >= 15 is 0 Å². The Balaban J connectivity index is 1.89. The summed E-state index contributed by atoms with van der Waals surface area (Å²) < 4.78 is 15.0. The van der Waals surface area contributed by atoms with E-state index in [-0.39, 0.29) is 11.5 Å². The Kier molecular flexibility index (Phi) is 3.59. The van der Waals surface area contributed by atoms with E-state index in [0.29, 0.717) is 11.6 Å². The summed E-state index contributed by atoms with van der Waals surface area (Å²) in [6, 6.07) is 7.90. The van der Waals surface area contributed by atoms with Crippen LogP contribution in [0.2, 0.25) is 0 Å². The van der Waals surface area contributed by atoms with Gasteiger partial charge >= 0.3 is 5.97 Å². The fourth-order valence-corrected chi connectivity index (χ4v) is 3.65. The average molecular weight is 327 g/mol. The molecule has 0 saturated heterocycles. The molecule has 0 unspecified atom stereocenters. The highest BCUT2D eigenvalue weighted by Crippen LogP contribution is 2.38. The quantitative estimate of drug-likeness (QED) is 0.757. The Morgan fingerprint density at radius 2 is 1.92 bits per heavy atom. The molecule has 2 aromatic heterocycles. The lowest BCUT2D eigenvalue weighted by molar-refractivity contribution is 0.0690. The molecule has 1 fully saturated rings. The van der Waals surface area contributed by atoms with E-state index in [0.717, 1.165) is 42.6 Å². The molecule has 3 aromatic rings. The first-order chi connectivity index (χ1) is 11.6. The summed E-state index contributed by atoms with van der Waals surface area (Å²) in [5, 5.41) is 13.5. The van der Waals surface area contributed by atoms with Crippen LogP contribution in [0.15, 0.2) is 30.3 Å². The first kappa shape index (κ1) is 14.9. The van der Waals surface area contributed by atoms with Crippen molar-refractivity contribution in [3.63, 3.8) is 0 Å². The number of rotatable bonds is 3. The van der Waals surface area contributed by atoms with Gasteiger partial charge in [-0.25, -0.2) is 13.7 Å². The van der Waals surface area contributed by atoms with Crippen molar-refractivity contribution in [1.29, 1.82) is 0 Å². The monoisotopic (exact) mass is 327 g/mol. The second kappa shape index (κ2) is 5.78. The molecule has 24 heavy (non-hydrogen) atoms. The number of imidazole rings is 1. The molecule has 0 amide bonds. The summed E-state index contributed by atoms with van der Waals surface area (Å²) in [4.78, 5) is 14.5. The molecule has 4 rings (SSSR count). The van der Waals surface area contributed by atoms with Gasteiger partial charge in [0.2, 0.25) is 0 Å². The molecule has 1 saturated carbocycles. The number of nitrogens with zero attached hydrogens (tertiary/aromatic N) is 2. The molecule has 2 N–H and O–H groups in total. The molecule has 6 heteroatoms. The molecule has 0 aliphatic heterocycles. The van der Waals surface area contributed by atoms with Crippen molar-refractivity contribution in [2.24, 2.45) is 0 Å². The van der Waals surface area contributed by atoms with Crippen LogP contribution in [0.25, 0.3) is 16.9 Å². The minimum atomic E-state index is -1.04. The van der Waals surface area contributed by atoms with Gasteiger partial charge in [-0.3, -0.25) is 0 Å². The number of fused-ring (bicyclic) bond motifs is 1. The molecule has 0 radical (unpaired) electrons. The number of aromatic carboxylic acids is 1. The molecule has 0 atom stereocenters. The maximum Gasteiger partial charge on any atom is 0.356 e.